The highest BCUT2D eigenvalue weighted by Gasteiger charge is 2.29. The van der Waals surface area contributed by atoms with E-state index in [2.05, 4.69) is 136 Å². The highest BCUT2D eigenvalue weighted by atomic mass is 127. The van der Waals surface area contributed by atoms with Crippen LogP contribution in [0.4, 0.5) is 0 Å². The predicted molar refractivity (Wildman–Crippen MR) is 141 cm³/mol. The summed E-state index contributed by atoms with van der Waals surface area (Å²) in [6, 6.07) is 9.03. The molecular weight excluding hydrogens is 663 g/mol. The first-order valence-corrected chi connectivity index (χ1v) is 12.1. The van der Waals surface area contributed by atoms with Crippen molar-refractivity contribution in [1.82, 2.24) is 0 Å². The summed E-state index contributed by atoms with van der Waals surface area (Å²) in [5.74, 6) is 0. The molecule has 0 bridgehead atoms. The molecule has 0 aliphatic heterocycles. The summed E-state index contributed by atoms with van der Waals surface area (Å²) in [5.41, 5.74) is 10.3. The van der Waals surface area contributed by atoms with Crippen molar-refractivity contribution in [3.63, 3.8) is 0 Å². The lowest BCUT2D eigenvalue weighted by Crippen LogP contribution is -2.22. The van der Waals surface area contributed by atoms with Crippen molar-refractivity contribution in [2.75, 3.05) is 0 Å². The number of aryl methyl sites for hydroxylation is 3. The molecule has 132 valence electrons. The zero-order chi connectivity index (χ0) is 19.2. The van der Waals surface area contributed by atoms with E-state index in [9.17, 15) is 0 Å². The van der Waals surface area contributed by atoms with E-state index >= 15 is 0 Å². The van der Waals surface area contributed by atoms with Crippen LogP contribution >= 0.6 is 77.0 Å². The third kappa shape index (κ3) is 4.76. The summed E-state index contributed by atoms with van der Waals surface area (Å²) in [7, 11) is 9.79. The fraction of sp³-hybridized carbons (Fsp3) is 0.400. The maximum atomic E-state index is 6.89. The summed E-state index contributed by atoms with van der Waals surface area (Å²) < 4.78 is 0.0106. The first kappa shape index (κ1) is 22.4. The zero-order valence-electron chi connectivity index (χ0n) is 15.3. The number of alkyl halides is 3. The number of hydrogen-bond acceptors (Lipinski definition) is 0. The number of halogens is 3. The molecule has 2 aromatic carbocycles. The van der Waals surface area contributed by atoms with Gasteiger partial charge < -0.3 is 0 Å². The van der Waals surface area contributed by atoms with Crippen molar-refractivity contribution in [2.45, 2.75) is 45.5 Å². The second-order valence-corrected chi connectivity index (χ2v) is 18.7. The Labute approximate surface area is 197 Å². The first-order chi connectivity index (χ1) is 11.4. The van der Waals surface area contributed by atoms with Crippen LogP contribution in [0.3, 0.4) is 0 Å². The maximum absolute atomic E-state index is 6.89. The van der Waals surface area contributed by atoms with E-state index in [-0.39, 0.29) is -0.565 Å². The summed E-state index contributed by atoms with van der Waals surface area (Å²) in [6.07, 6.45) is 1.03. The Hall–Kier alpha value is 1.12. The van der Waals surface area contributed by atoms with Gasteiger partial charge >= 0.3 is 0 Å². The minimum atomic E-state index is -0.592. The molecule has 0 aromatic heterocycles. The number of hydrogen-bond donors (Lipinski definition) is 0. The molecule has 0 spiro atoms. The standard InChI is InChI=1S/C20H23BI3P/c1-6-15-9-16(7-11(2)13(15)4)19(21,25)17-8-12(3)14(5)18(10-17)20(22,23)24/h7-10H,6,25H2,1-5H3. The van der Waals surface area contributed by atoms with Crippen molar-refractivity contribution in [3.05, 3.63) is 68.8 Å². The minimum Gasteiger partial charge on any atom is -0.131 e. The molecule has 5 heteroatoms. The van der Waals surface area contributed by atoms with Crippen molar-refractivity contribution < 1.29 is 0 Å². The van der Waals surface area contributed by atoms with Crippen LogP contribution < -0.4 is 0 Å². The molecule has 0 fully saturated rings. The lowest BCUT2D eigenvalue weighted by molar-refractivity contribution is 1.00. The quantitative estimate of drug-likeness (QED) is 0.139. The van der Waals surface area contributed by atoms with Crippen molar-refractivity contribution in [1.29, 1.82) is 0 Å². The zero-order valence-corrected chi connectivity index (χ0v) is 22.9. The monoisotopic (exact) mass is 686 g/mol. The average molecular weight is 686 g/mol. The Kier molecular flexibility index (Phi) is 7.39. The molecule has 0 aliphatic carbocycles. The third-order valence-corrected chi connectivity index (χ3v) is 7.49. The summed E-state index contributed by atoms with van der Waals surface area (Å²) in [5, 5.41) is -0.592. The lowest BCUT2D eigenvalue weighted by atomic mass is 9.72. The van der Waals surface area contributed by atoms with Gasteiger partial charge in [0.1, 0.15) is -0.565 Å². The number of benzene rings is 2. The normalized spacial score (nSPS) is 14.4. The average Bonchev–Trinajstić information content (AvgIpc) is 2.50. The van der Waals surface area contributed by atoms with Gasteiger partial charge in [-0.25, -0.2) is 0 Å². The molecule has 2 rings (SSSR count). The van der Waals surface area contributed by atoms with Crippen LogP contribution in [-0.4, -0.2) is 7.85 Å². The Morgan fingerprint density at radius 1 is 0.880 bits per heavy atom. The van der Waals surface area contributed by atoms with Crippen LogP contribution in [0.1, 0.15) is 51.4 Å². The van der Waals surface area contributed by atoms with Crippen LogP contribution in [0.15, 0.2) is 24.3 Å². The van der Waals surface area contributed by atoms with Gasteiger partial charge in [0, 0.05) is 0 Å². The van der Waals surface area contributed by atoms with E-state index in [1.165, 1.54) is 33.4 Å². The van der Waals surface area contributed by atoms with Gasteiger partial charge in [0.15, 0.2) is 0 Å². The molecule has 2 atom stereocenters. The fourth-order valence-electron chi connectivity index (χ4n) is 3.10. The van der Waals surface area contributed by atoms with Gasteiger partial charge in [-0.2, -0.15) is 0 Å². The SMILES string of the molecule is [B]C(P)(c1cc(C)c(C)c(CC)c1)c1cc(C)c(C)c(C(I)(I)I)c1. The van der Waals surface area contributed by atoms with Gasteiger partial charge in [-0.15, -0.1) is 9.24 Å². The highest BCUT2D eigenvalue weighted by Crippen LogP contribution is 2.49. The van der Waals surface area contributed by atoms with Crippen LogP contribution in [0.5, 0.6) is 0 Å². The van der Waals surface area contributed by atoms with Gasteiger partial charge in [0.2, 0.25) is 0 Å². The Morgan fingerprint density at radius 2 is 1.36 bits per heavy atom. The molecule has 0 nitrogen and oxygen atoms in total. The van der Waals surface area contributed by atoms with E-state index in [4.69, 9.17) is 7.85 Å². The summed E-state index contributed by atoms with van der Waals surface area (Å²) >= 11 is 7.47. The summed E-state index contributed by atoms with van der Waals surface area (Å²) in [6.45, 7) is 11.0. The molecule has 2 unspecified atom stereocenters. The van der Waals surface area contributed by atoms with Crippen LogP contribution in [0.2, 0.25) is 0 Å². The second kappa shape index (κ2) is 8.24. The van der Waals surface area contributed by atoms with Gasteiger partial charge in [-0.05, 0) is 151 Å². The van der Waals surface area contributed by atoms with Crippen LogP contribution in [-0.2, 0) is 10.9 Å². The Morgan fingerprint density at radius 3 is 1.84 bits per heavy atom. The van der Waals surface area contributed by atoms with E-state index in [0.29, 0.717) is 0 Å². The molecule has 0 amide bonds. The molecular formula is C20H23BI3P. The van der Waals surface area contributed by atoms with Crippen molar-refractivity contribution in [2.24, 2.45) is 0 Å². The maximum Gasteiger partial charge on any atom is 0.149 e. The van der Waals surface area contributed by atoms with Crippen LogP contribution in [0.25, 0.3) is 0 Å². The van der Waals surface area contributed by atoms with Gasteiger partial charge in [0.05, 0.1) is 7.85 Å². The highest BCUT2D eigenvalue weighted by molar-refractivity contribution is 14.3. The Balaban J connectivity index is 2.69. The smallest absolute Gasteiger partial charge is 0.131 e. The molecule has 0 saturated carbocycles. The van der Waals surface area contributed by atoms with Gasteiger partial charge in [0.25, 0.3) is 0 Å². The van der Waals surface area contributed by atoms with Crippen molar-refractivity contribution >= 4 is 84.9 Å². The van der Waals surface area contributed by atoms with E-state index in [1.54, 1.807) is 0 Å². The van der Waals surface area contributed by atoms with Crippen molar-refractivity contribution in [3.8, 4) is 0 Å². The molecule has 0 aliphatic rings. The minimum absolute atomic E-state index is 0.0106. The lowest BCUT2D eigenvalue weighted by Gasteiger charge is -2.31. The van der Waals surface area contributed by atoms with E-state index < -0.39 is 5.06 Å². The molecule has 2 radical (unpaired) electrons. The molecule has 2 aromatic rings. The fourth-order valence-corrected chi connectivity index (χ4v) is 5.11. The first-order valence-electron chi connectivity index (χ1n) is 8.26. The molecule has 0 N–H and O–H groups in total. The number of rotatable bonds is 4. The van der Waals surface area contributed by atoms with Gasteiger partial charge in [-0.3, -0.25) is 0 Å². The topological polar surface area (TPSA) is 0 Å². The molecule has 0 heterocycles. The second-order valence-electron chi connectivity index (χ2n) is 6.76. The van der Waals surface area contributed by atoms with E-state index in [1.807, 2.05) is 0 Å². The summed E-state index contributed by atoms with van der Waals surface area (Å²) in [4.78, 5) is 0. The van der Waals surface area contributed by atoms with Gasteiger partial charge in [-0.1, -0.05) is 31.2 Å². The largest absolute Gasteiger partial charge is 0.149 e. The molecule has 0 saturated heterocycles. The van der Waals surface area contributed by atoms with Crippen LogP contribution in [0, 0.1) is 27.7 Å². The predicted octanol–water partition coefficient (Wildman–Crippen LogP) is 7.14. The molecule has 25 heavy (non-hydrogen) atoms. The Bertz CT molecular complexity index is 808. The van der Waals surface area contributed by atoms with E-state index in [0.717, 1.165) is 17.5 Å². The third-order valence-electron chi connectivity index (χ3n) is 5.08.